The minimum absolute atomic E-state index is 0.00201. The fourth-order valence-electron chi connectivity index (χ4n) is 21.1. The molecule has 0 radical (unpaired) electrons. The molecule has 3 aromatic heterocycles. The molecule has 12 saturated heterocycles. The number of likely N-dealkylation sites (tertiary alicyclic amines) is 6. The van der Waals surface area contributed by atoms with Gasteiger partial charge in [0.15, 0.2) is 11.5 Å². The SMILES string of the molecule is C[C@@H]1CCCN1C(=O)[C@@H]1C[C@@H](CC(=O)Cc2ccccc2)C(=O)N1.C[C@@H]1CCCN1C(=O)[C@@H]1C[C@@H](CC(=O)N2CCCC2)C(=O)N1.C[C@@H]1CCCN1C(=O)[C@@H]1C[C@@H](CC(=O)N2CCN(c3ccncc3)CC2)C(=O)N1.C[C@@H]1CCCN1C(=O)[C@@H]1C[C@@H](CC(=O)N2CCn3c(nnc3C(F)(F)F)C2)C(=O)N1.C[C@@H]1CCCN1C(=O)[C@@H]1C[C@@H](CC(=O)N2CCn3cc(C(F)(F)F)nc3C2)C(=O)N1. The van der Waals surface area contributed by atoms with E-state index in [4.69, 9.17) is 0 Å². The van der Waals surface area contributed by atoms with E-state index in [1.54, 1.807) is 22.2 Å². The predicted octanol–water partition coefficient (Wildman–Crippen LogP) is 4.55. The van der Waals surface area contributed by atoms with Crippen molar-refractivity contribution in [1.29, 1.82) is 0 Å². The van der Waals surface area contributed by atoms with Gasteiger partial charge in [0.2, 0.25) is 88.5 Å². The van der Waals surface area contributed by atoms with E-state index in [2.05, 4.69) is 58.6 Å². The molecule has 0 aliphatic carbocycles. The lowest BCUT2D eigenvalue weighted by molar-refractivity contribution is -0.148. The molecule has 135 heavy (non-hydrogen) atoms. The number of nitrogens with zero attached hydrogens (tertiary/aromatic N) is 16. The quantitative estimate of drug-likeness (QED) is 0.0853. The highest BCUT2D eigenvalue weighted by Gasteiger charge is 2.49. The Labute approximate surface area is 779 Å². The number of alkyl halides is 6. The fourth-order valence-corrected chi connectivity index (χ4v) is 21.1. The van der Waals surface area contributed by atoms with E-state index in [1.165, 1.54) is 14.4 Å². The zero-order chi connectivity index (χ0) is 96.4. The summed E-state index contributed by atoms with van der Waals surface area (Å²) >= 11 is 0. The van der Waals surface area contributed by atoms with Crippen molar-refractivity contribution in [2.24, 2.45) is 29.6 Å². The second kappa shape index (κ2) is 43.6. The first-order chi connectivity index (χ1) is 64.4. The second-order valence-corrected chi connectivity index (χ2v) is 38.4. The Morgan fingerprint density at radius 3 is 1.07 bits per heavy atom. The number of imidazole rings is 1. The molecule has 0 bridgehead atoms. The third kappa shape index (κ3) is 24.2. The average molecular weight is 1890 g/mol. The summed E-state index contributed by atoms with van der Waals surface area (Å²) in [4.78, 5) is 212. The lowest BCUT2D eigenvalue weighted by Gasteiger charge is -2.36. The van der Waals surface area contributed by atoms with E-state index in [1.807, 2.05) is 94.7 Å². The zero-order valence-electron chi connectivity index (χ0n) is 77.3. The van der Waals surface area contributed by atoms with Gasteiger partial charge in [0.25, 0.3) is 0 Å². The van der Waals surface area contributed by atoms with Gasteiger partial charge in [0.1, 0.15) is 41.8 Å². The van der Waals surface area contributed by atoms with Gasteiger partial charge < -0.3 is 84.7 Å². The molecule has 1 aromatic carbocycles. The number of carbonyl (C=O) groups excluding carboxylic acids is 15. The Kier molecular flexibility index (Phi) is 32.1. The summed E-state index contributed by atoms with van der Waals surface area (Å²) < 4.78 is 79.7. The molecule has 0 unspecified atom stereocenters. The number of Topliss-reactive ketones (excluding diaryl/α,β-unsaturated/α-hetero) is 1. The van der Waals surface area contributed by atoms with Crippen LogP contribution in [0.4, 0.5) is 32.0 Å². The van der Waals surface area contributed by atoms with Crippen LogP contribution in [0, 0.1) is 29.6 Å². The predicted molar refractivity (Wildman–Crippen MR) is 472 cm³/mol. The van der Waals surface area contributed by atoms with E-state index in [9.17, 15) is 98.3 Å². The van der Waals surface area contributed by atoms with Crippen LogP contribution in [0.2, 0.25) is 0 Å². The van der Waals surface area contributed by atoms with Crippen LogP contribution in [0.1, 0.15) is 205 Å². The second-order valence-electron chi connectivity index (χ2n) is 38.4. The van der Waals surface area contributed by atoms with Gasteiger partial charge >= 0.3 is 12.4 Å². The molecule has 0 saturated carbocycles. The minimum atomic E-state index is -4.60. The molecule has 42 heteroatoms. The molecule has 14 aliphatic rings. The average Bonchev–Trinajstić information content (AvgIpc) is 1.59. The third-order valence-corrected chi connectivity index (χ3v) is 29.0. The molecule has 734 valence electrons. The monoisotopic (exact) mass is 1890 g/mol. The van der Waals surface area contributed by atoms with Crippen molar-refractivity contribution in [3.8, 4) is 0 Å². The fraction of sp³-hybridized carbons (Fsp3) is 0.667. The molecule has 17 heterocycles. The summed E-state index contributed by atoms with van der Waals surface area (Å²) in [6.07, 6.45) is 9.97. The van der Waals surface area contributed by atoms with Crippen LogP contribution in [0.5, 0.6) is 0 Å². The first kappa shape index (κ1) is 99.3. The highest BCUT2D eigenvalue weighted by molar-refractivity contribution is 5.99. The number of fused-ring (bicyclic) bond motifs is 2. The molecule has 12 fully saturated rings. The normalized spacial score (nSPS) is 27.6. The topological polar surface area (TPSA) is 410 Å². The summed E-state index contributed by atoms with van der Waals surface area (Å²) in [6.45, 7) is 18.5. The van der Waals surface area contributed by atoms with Gasteiger partial charge in [-0.05, 0) is 161 Å². The van der Waals surface area contributed by atoms with E-state index in [0.717, 1.165) is 145 Å². The smallest absolute Gasteiger partial charge is 0.368 e. The summed E-state index contributed by atoms with van der Waals surface area (Å²) in [7, 11) is 0. The van der Waals surface area contributed by atoms with Crippen LogP contribution < -0.4 is 31.5 Å². The van der Waals surface area contributed by atoms with Crippen LogP contribution in [0.3, 0.4) is 0 Å². The number of carbonyl (C=O) groups is 15. The number of aromatic nitrogens is 6. The molecule has 14 aliphatic heterocycles. The zero-order valence-corrected chi connectivity index (χ0v) is 77.3. The van der Waals surface area contributed by atoms with Crippen molar-refractivity contribution in [2.75, 3.05) is 90.0 Å². The number of pyridine rings is 1. The number of piperazine rings is 1. The van der Waals surface area contributed by atoms with E-state index in [-0.39, 0.29) is 226 Å². The number of hydrogen-bond donors (Lipinski definition) is 5. The molecule has 0 spiro atoms. The van der Waals surface area contributed by atoms with Gasteiger partial charge in [-0.25, -0.2) is 4.98 Å². The maximum absolute atomic E-state index is 12.9. The van der Waals surface area contributed by atoms with Gasteiger partial charge in [-0.3, -0.25) is 76.9 Å². The third-order valence-electron chi connectivity index (χ3n) is 29.0. The van der Waals surface area contributed by atoms with Crippen LogP contribution in [0.15, 0.2) is 61.1 Å². The Bertz CT molecular complexity index is 4930. The molecule has 15 atom stereocenters. The Morgan fingerprint density at radius 2 is 0.711 bits per heavy atom. The van der Waals surface area contributed by atoms with Crippen molar-refractivity contribution in [3.05, 3.63) is 89.8 Å². The molecular formula is C93H125F6N21O15. The number of anilines is 1. The summed E-state index contributed by atoms with van der Waals surface area (Å²) in [5.41, 5.74) is 1.10. The largest absolute Gasteiger partial charge is 0.451 e. The number of amides is 14. The standard InChI is InChI=1S/C21H29N5O3.C19H24F3N5O3.C19H24N2O3.C18H23F3N6O3.C16H25N3O3/c1-15-3-2-8-26(15)21(29)18-13-16(20(28)23-18)14-19(27)25-11-9-24(10-12-25)17-4-6-22-7-5-17;1-11-3-2-4-27(11)18(30)13-7-12(17(29)23-13)8-16(28)26-6-5-25-9-14(19(20,21)22)24-15(25)10-26;1-13-6-5-9-21(13)19(24)17-12-15(18(23)20-17)11-16(22)10-14-7-3-2-4-8-14;1-10-3-2-4-26(10)16(30)12-7-11(15(29)22-12)8-14(28)25-5-6-27-13(9-25)23-24-17(27)18(19,20)21;1-11-5-4-8-19(11)16(22)13-9-12(15(21)17-13)10-14(20)18-6-2-3-7-18/h4-7,15-16,18H,2-3,8-14H2,1H3,(H,23,28);9,11-13H,2-8,10H2,1H3,(H,23,29);2-4,7-8,13,15,17H,5-6,9-12H2,1H3,(H,20,23);10-12H,2-9H2,1H3,(H,22,29);11-13H,2-10H2,1H3,(H,17,21)/t15-,16+,18+;11-,12+,13+;13-,15-,17+;10-,11+,12+;11-,12+,13+/m11111/s1. The van der Waals surface area contributed by atoms with Gasteiger partial charge in [-0.1, -0.05) is 30.3 Å². The van der Waals surface area contributed by atoms with Gasteiger partial charge in [-0.15, -0.1) is 10.2 Å². The number of benzene rings is 1. The summed E-state index contributed by atoms with van der Waals surface area (Å²) in [5, 5.41) is 20.6. The lowest BCUT2D eigenvalue weighted by atomic mass is 9.95. The highest BCUT2D eigenvalue weighted by Crippen LogP contribution is 2.36. The van der Waals surface area contributed by atoms with E-state index < -0.39 is 71.8 Å². The van der Waals surface area contributed by atoms with Gasteiger partial charge in [-0.2, -0.15) is 26.3 Å². The van der Waals surface area contributed by atoms with Crippen molar-refractivity contribution in [3.63, 3.8) is 0 Å². The first-order valence-corrected chi connectivity index (χ1v) is 47.9. The van der Waals surface area contributed by atoms with Gasteiger partial charge in [0, 0.05) is 221 Å². The highest BCUT2D eigenvalue weighted by atomic mass is 19.4. The number of ketones is 1. The lowest BCUT2D eigenvalue weighted by Crippen LogP contribution is -2.49. The van der Waals surface area contributed by atoms with Crippen molar-refractivity contribution >= 4 is 94.2 Å². The maximum atomic E-state index is 12.9. The van der Waals surface area contributed by atoms with E-state index >= 15 is 0 Å². The molecule has 18 rings (SSSR count). The molecule has 14 amide bonds. The number of rotatable bonds is 18. The minimum Gasteiger partial charge on any atom is -0.368 e. The van der Waals surface area contributed by atoms with Crippen molar-refractivity contribution in [2.45, 2.75) is 281 Å². The maximum Gasteiger partial charge on any atom is 0.451 e. The van der Waals surface area contributed by atoms with Crippen LogP contribution in [-0.4, -0.2) is 307 Å². The molecular weight excluding hydrogens is 1770 g/mol. The van der Waals surface area contributed by atoms with Gasteiger partial charge in [0.05, 0.1) is 13.1 Å². The summed E-state index contributed by atoms with van der Waals surface area (Å²) in [5.74, 6) is -5.11. The Hall–Kier alpha value is -11.7. The first-order valence-electron chi connectivity index (χ1n) is 47.9. The molecule has 36 nitrogen and oxygen atoms in total. The Balaban J connectivity index is 0.000000136. The number of halogens is 6. The van der Waals surface area contributed by atoms with Crippen LogP contribution in [0.25, 0.3) is 0 Å². The van der Waals surface area contributed by atoms with Crippen molar-refractivity contribution < 1.29 is 98.3 Å². The van der Waals surface area contributed by atoms with Crippen LogP contribution in [-0.2, 0) is 117 Å². The van der Waals surface area contributed by atoms with E-state index in [0.29, 0.717) is 51.9 Å². The molecule has 5 N–H and O–H groups in total. The molecule has 4 aromatic rings. The number of nitrogens with one attached hydrogen (secondary N) is 5. The Morgan fingerprint density at radius 1 is 0.370 bits per heavy atom. The summed E-state index contributed by atoms with van der Waals surface area (Å²) in [6, 6.07) is 11.9. The number of hydrogen-bond acceptors (Lipinski definition) is 20. The van der Waals surface area contributed by atoms with Crippen LogP contribution >= 0.6 is 0 Å². The van der Waals surface area contributed by atoms with Crippen molar-refractivity contribution in [1.82, 2.24) is 100.0 Å².